The van der Waals surface area contributed by atoms with E-state index in [1.165, 1.54) is 7.11 Å². The van der Waals surface area contributed by atoms with Crippen molar-refractivity contribution in [3.63, 3.8) is 0 Å². The maximum Gasteiger partial charge on any atom is 0.257 e. The zero-order chi connectivity index (χ0) is 15.4. The summed E-state index contributed by atoms with van der Waals surface area (Å²) in [6.45, 7) is 1.52. The van der Waals surface area contributed by atoms with Crippen molar-refractivity contribution in [2.75, 3.05) is 25.9 Å². The lowest BCUT2D eigenvalue weighted by molar-refractivity contribution is 0.0592. The Morgan fingerprint density at radius 2 is 1.95 bits per heavy atom. The molecule has 0 saturated carbocycles. The number of rotatable bonds is 2. The van der Waals surface area contributed by atoms with Gasteiger partial charge in [0.1, 0.15) is 5.75 Å². The number of nitrogens with zero attached hydrogens (tertiary/aromatic N) is 1. The number of ether oxygens (including phenoxy) is 2. The van der Waals surface area contributed by atoms with E-state index in [1.807, 2.05) is 4.90 Å². The van der Waals surface area contributed by atoms with Crippen LogP contribution in [0.3, 0.4) is 0 Å². The summed E-state index contributed by atoms with van der Waals surface area (Å²) in [7, 11) is 1.53. The maximum atomic E-state index is 12.9. The van der Waals surface area contributed by atoms with Crippen LogP contribution in [0.15, 0.2) is 12.1 Å². The predicted molar refractivity (Wildman–Crippen MR) is 83.2 cm³/mol. The Morgan fingerprint density at radius 3 is 2.55 bits per heavy atom. The molecule has 3 saturated heterocycles. The van der Waals surface area contributed by atoms with Crippen molar-refractivity contribution in [3.05, 3.63) is 22.7 Å². The minimum Gasteiger partial charge on any atom is -0.496 e. The van der Waals surface area contributed by atoms with Crippen molar-refractivity contribution >= 4 is 23.2 Å². The first-order chi connectivity index (χ1) is 10.6. The third kappa shape index (κ3) is 1.99. The Hall–Kier alpha value is -1.46. The number of nitrogens with two attached hydrogens (primary N) is 1. The second kappa shape index (κ2) is 5.03. The summed E-state index contributed by atoms with van der Waals surface area (Å²) in [5.74, 6) is 1.41. The van der Waals surface area contributed by atoms with E-state index in [1.54, 1.807) is 12.1 Å². The number of hydrogen-bond donors (Lipinski definition) is 1. The molecule has 0 aliphatic carbocycles. The molecule has 0 radical (unpaired) electrons. The largest absolute Gasteiger partial charge is 0.496 e. The van der Waals surface area contributed by atoms with Gasteiger partial charge in [0.2, 0.25) is 0 Å². The summed E-state index contributed by atoms with van der Waals surface area (Å²) in [6.07, 6.45) is 2.94. The zero-order valence-corrected chi connectivity index (χ0v) is 13.2. The lowest BCUT2D eigenvalue weighted by atomic mass is 9.82. The van der Waals surface area contributed by atoms with Crippen molar-refractivity contribution in [2.24, 2.45) is 11.8 Å². The number of halogens is 1. The second-order valence-corrected chi connectivity index (χ2v) is 6.81. The van der Waals surface area contributed by atoms with Gasteiger partial charge in [-0.2, -0.15) is 0 Å². The Kier molecular flexibility index (Phi) is 3.24. The number of benzene rings is 1. The number of hydrogen-bond acceptors (Lipinski definition) is 4. The fourth-order valence-electron chi connectivity index (χ4n) is 4.20. The van der Waals surface area contributed by atoms with Crippen LogP contribution in [0.1, 0.15) is 23.2 Å². The van der Waals surface area contributed by atoms with Gasteiger partial charge < -0.3 is 20.1 Å². The second-order valence-electron chi connectivity index (χ2n) is 6.40. The van der Waals surface area contributed by atoms with E-state index in [2.05, 4.69) is 0 Å². The highest BCUT2D eigenvalue weighted by atomic mass is 35.5. The number of likely N-dealkylation sites (tertiary alicyclic amines) is 1. The van der Waals surface area contributed by atoms with Gasteiger partial charge in [0.25, 0.3) is 5.91 Å². The van der Waals surface area contributed by atoms with Crippen LogP contribution in [0.25, 0.3) is 0 Å². The molecule has 3 aliphatic rings. The monoisotopic (exact) mass is 322 g/mol. The molecule has 3 heterocycles. The summed E-state index contributed by atoms with van der Waals surface area (Å²) in [6, 6.07) is 3.22. The van der Waals surface area contributed by atoms with Crippen molar-refractivity contribution in [1.29, 1.82) is 0 Å². The molecule has 3 fully saturated rings. The molecule has 118 valence electrons. The van der Waals surface area contributed by atoms with Gasteiger partial charge in [-0.3, -0.25) is 4.79 Å². The summed E-state index contributed by atoms with van der Waals surface area (Å²) >= 11 is 6.07. The fraction of sp³-hybridized carbons (Fsp3) is 0.562. The molecule has 4 atom stereocenters. The Morgan fingerprint density at radius 1 is 1.32 bits per heavy atom. The van der Waals surface area contributed by atoms with Crippen LogP contribution in [-0.4, -0.2) is 43.2 Å². The third-order valence-electron chi connectivity index (χ3n) is 5.29. The van der Waals surface area contributed by atoms with Gasteiger partial charge in [-0.1, -0.05) is 11.6 Å². The molecule has 3 aliphatic heterocycles. The summed E-state index contributed by atoms with van der Waals surface area (Å²) < 4.78 is 11.3. The van der Waals surface area contributed by atoms with Gasteiger partial charge in [-0.15, -0.1) is 0 Å². The smallest absolute Gasteiger partial charge is 0.257 e. The standard InChI is InChI=1S/C16H19ClN2O3/c1-21-15-5-12(18)11(17)4-8(15)16(20)19-6-9-10(7-19)14-3-2-13(9)22-14/h4-5,9-10,13-14H,2-3,6-7,18H2,1H3. The highest BCUT2D eigenvalue weighted by molar-refractivity contribution is 6.33. The van der Waals surface area contributed by atoms with Crippen LogP contribution in [0.5, 0.6) is 5.75 Å². The zero-order valence-electron chi connectivity index (χ0n) is 12.4. The van der Waals surface area contributed by atoms with E-state index in [0.29, 0.717) is 46.1 Å². The highest BCUT2D eigenvalue weighted by Gasteiger charge is 2.53. The number of carbonyl (C=O) groups excluding carboxylic acids is 1. The summed E-state index contributed by atoms with van der Waals surface area (Å²) in [5, 5.41) is 0.381. The topological polar surface area (TPSA) is 64.8 Å². The Labute approximate surface area is 134 Å². The van der Waals surface area contributed by atoms with Gasteiger partial charge in [-0.05, 0) is 18.9 Å². The number of amides is 1. The van der Waals surface area contributed by atoms with Crippen LogP contribution in [0, 0.1) is 11.8 Å². The minimum atomic E-state index is -0.0347. The normalized spacial score (nSPS) is 32.4. The SMILES string of the molecule is COc1cc(N)c(Cl)cc1C(=O)N1CC2C3CCC(O3)C2C1. The fourth-order valence-corrected chi connectivity index (χ4v) is 4.36. The minimum absolute atomic E-state index is 0.0347. The number of anilines is 1. The van der Waals surface area contributed by atoms with Gasteiger partial charge in [0, 0.05) is 31.0 Å². The van der Waals surface area contributed by atoms with Gasteiger partial charge in [-0.25, -0.2) is 0 Å². The van der Waals surface area contributed by atoms with E-state index < -0.39 is 0 Å². The van der Waals surface area contributed by atoms with Crippen LogP contribution < -0.4 is 10.5 Å². The predicted octanol–water partition coefficient (Wildman–Crippen LogP) is 2.18. The molecule has 22 heavy (non-hydrogen) atoms. The molecule has 1 aromatic carbocycles. The Balaban J connectivity index is 1.59. The first-order valence-corrected chi connectivity index (χ1v) is 8.04. The molecule has 4 unspecified atom stereocenters. The lowest BCUT2D eigenvalue weighted by Gasteiger charge is -2.20. The highest BCUT2D eigenvalue weighted by Crippen LogP contribution is 2.47. The average molecular weight is 323 g/mol. The van der Waals surface area contributed by atoms with Crippen LogP contribution in [0.2, 0.25) is 5.02 Å². The van der Waals surface area contributed by atoms with Crippen molar-refractivity contribution in [2.45, 2.75) is 25.0 Å². The average Bonchev–Trinajstić information content (AvgIpc) is 3.20. The van der Waals surface area contributed by atoms with Gasteiger partial charge in [0.05, 0.1) is 35.6 Å². The molecule has 4 rings (SSSR count). The lowest BCUT2D eigenvalue weighted by Crippen LogP contribution is -2.31. The summed E-state index contributed by atoms with van der Waals surface area (Å²) in [4.78, 5) is 14.8. The van der Waals surface area contributed by atoms with E-state index in [9.17, 15) is 4.79 Å². The molecule has 1 amide bonds. The van der Waals surface area contributed by atoms with E-state index in [4.69, 9.17) is 26.8 Å². The molecule has 6 heteroatoms. The molecule has 5 nitrogen and oxygen atoms in total. The van der Waals surface area contributed by atoms with E-state index >= 15 is 0 Å². The van der Waals surface area contributed by atoms with Gasteiger partial charge in [0.15, 0.2) is 0 Å². The first kappa shape index (κ1) is 14.2. The van der Waals surface area contributed by atoms with Crippen molar-refractivity contribution in [1.82, 2.24) is 4.90 Å². The third-order valence-corrected chi connectivity index (χ3v) is 5.62. The van der Waals surface area contributed by atoms with E-state index in [-0.39, 0.29) is 5.91 Å². The molecular weight excluding hydrogens is 304 g/mol. The van der Waals surface area contributed by atoms with Gasteiger partial charge >= 0.3 is 0 Å². The summed E-state index contributed by atoms with van der Waals surface area (Å²) in [5.41, 5.74) is 6.68. The molecule has 0 spiro atoms. The molecule has 1 aromatic rings. The number of nitrogen functional groups attached to an aromatic ring is 1. The number of carbonyl (C=O) groups is 1. The Bertz CT molecular complexity index is 618. The first-order valence-electron chi connectivity index (χ1n) is 7.66. The molecule has 2 bridgehead atoms. The quantitative estimate of drug-likeness (QED) is 0.848. The number of methoxy groups -OCH3 is 1. The van der Waals surface area contributed by atoms with Crippen molar-refractivity contribution in [3.8, 4) is 5.75 Å². The van der Waals surface area contributed by atoms with Crippen LogP contribution >= 0.6 is 11.6 Å². The van der Waals surface area contributed by atoms with E-state index in [0.717, 1.165) is 25.9 Å². The molecular formula is C16H19ClN2O3. The van der Waals surface area contributed by atoms with Crippen LogP contribution in [-0.2, 0) is 4.74 Å². The van der Waals surface area contributed by atoms with Crippen molar-refractivity contribution < 1.29 is 14.3 Å². The molecule has 2 N–H and O–H groups in total. The molecule has 0 aromatic heterocycles. The van der Waals surface area contributed by atoms with Crippen LogP contribution in [0.4, 0.5) is 5.69 Å². The maximum absolute atomic E-state index is 12.9. The number of fused-ring (bicyclic) bond motifs is 5.